The third kappa shape index (κ3) is 3.21. The van der Waals surface area contributed by atoms with Crippen LogP contribution in [0.2, 0.25) is 0 Å². The van der Waals surface area contributed by atoms with Gasteiger partial charge < -0.3 is 10.6 Å². The zero-order chi connectivity index (χ0) is 12.1. The normalized spacial score (nSPS) is 16.5. The van der Waals surface area contributed by atoms with Crippen LogP contribution in [0.4, 0.5) is 5.69 Å². The van der Waals surface area contributed by atoms with E-state index < -0.39 is 0 Å². The Morgan fingerprint density at radius 1 is 1.41 bits per heavy atom. The van der Waals surface area contributed by atoms with E-state index in [-0.39, 0.29) is 0 Å². The second-order valence-corrected chi connectivity index (χ2v) is 4.72. The van der Waals surface area contributed by atoms with Crippen molar-refractivity contribution in [2.45, 2.75) is 19.8 Å². The smallest absolute Gasteiger partial charge is 0.0992 e. The van der Waals surface area contributed by atoms with Gasteiger partial charge in [-0.15, -0.1) is 0 Å². The molecule has 3 heteroatoms. The topological polar surface area (TPSA) is 47.9 Å². The fraction of sp³-hybridized carbons (Fsp3) is 0.500. The van der Waals surface area contributed by atoms with E-state index in [4.69, 9.17) is 5.26 Å². The van der Waals surface area contributed by atoms with Gasteiger partial charge in [0, 0.05) is 12.2 Å². The van der Waals surface area contributed by atoms with Gasteiger partial charge in [-0.1, -0.05) is 6.07 Å². The molecule has 2 N–H and O–H groups in total. The Hall–Kier alpha value is -1.53. The number of nitrogens with zero attached hydrogens (tertiary/aromatic N) is 1. The van der Waals surface area contributed by atoms with Gasteiger partial charge in [-0.2, -0.15) is 5.26 Å². The predicted octanol–water partition coefficient (Wildman–Crippen LogP) is 2.28. The second kappa shape index (κ2) is 5.70. The number of aryl methyl sites for hydroxylation is 1. The summed E-state index contributed by atoms with van der Waals surface area (Å²) in [5, 5.41) is 15.7. The van der Waals surface area contributed by atoms with Crippen molar-refractivity contribution in [2.75, 3.05) is 25.0 Å². The average Bonchev–Trinajstić information content (AvgIpc) is 2.39. The summed E-state index contributed by atoms with van der Waals surface area (Å²) < 4.78 is 0. The van der Waals surface area contributed by atoms with Gasteiger partial charge in [0.05, 0.1) is 11.6 Å². The molecule has 0 aliphatic carbocycles. The highest BCUT2D eigenvalue weighted by Crippen LogP contribution is 2.18. The molecule has 1 fully saturated rings. The van der Waals surface area contributed by atoms with Crippen molar-refractivity contribution in [1.82, 2.24) is 5.32 Å². The maximum atomic E-state index is 8.88. The van der Waals surface area contributed by atoms with Crippen molar-refractivity contribution in [2.24, 2.45) is 5.92 Å². The van der Waals surface area contributed by atoms with Gasteiger partial charge in [0.15, 0.2) is 0 Å². The fourth-order valence-corrected chi connectivity index (χ4v) is 2.22. The number of anilines is 1. The zero-order valence-corrected chi connectivity index (χ0v) is 10.3. The van der Waals surface area contributed by atoms with Crippen molar-refractivity contribution in [3.05, 3.63) is 29.3 Å². The lowest BCUT2D eigenvalue weighted by molar-refractivity contribution is 0.390. The van der Waals surface area contributed by atoms with E-state index in [2.05, 4.69) is 23.6 Å². The lowest BCUT2D eigenvalue weighted by atomic mass is 9.98. The van der Waals surface area contributed by atoms with Crippen molar-refractivity contribution in [1.29, 1.82) is 5.26 Å². The molecule has 90 valence electrons. The Bertz CT molecular complexity index is 414. The van der Waals surface area contributed by atoms with E-state index in [1.54, 1.807) is 0 Å². The highest BCUT2D eigenvalue weighted by atomic mass is 14.9. The molecule has 0 aromatic heterocycles. The molecule has 2 rings (SSSR count). The highest BCUT2D eigenvalue weighted by molar-refractivity contribution is 5.55. The van der Waals surface area contributed by atoms with Crippen LogP contribution >= 0.6 is 0 Å². The Morgan fingerprint density at radius 2 is 2.18 bits per heavy atom. The average molecular weight is 229 g/mol. The predicted molar refractivity (Wildman–Crippen MR) is 70.0 cm³/mol. The highest BCUT2D eigenvalue weighted by Gasteiger charge is 2.12. The van der Waals surface area contributed by atoms with Gasteiger partial charge in [0.25, 0.3) is 0 Å². The SMILES string of the molecule is Cc1ccc(C#N)cc1NCC1CCNCC1. The summed E-state index contributed by atoms with van der Waals surface area (Å²) in [5.41, 5.74) is 3.03. The molecule has 1 heterocycles. The van der Waals surface area contributed by atoms with Crippen LogP contribution in [0.15, 0.2) is 18.2 Å². The van der Waals surface area contributed by atoms with Crippen molar-refractivity contribution < 1.29 is 0 Å². The maximum Gasteiger partial charge on any atom is 0.0992 e. The number of nitrogens with one attached hydrogen (secondary N) is 2. The third-order valence-corrected chi connectivity index (χ3v) is 3.41. The van der Waals surface area contributed by atoms with E-state index in [0.717, 1.165) is 36.8 Å². The van der Waals surface area contributed by atoms with Gasteiger partial charge in [-0.3, -0.25) is 0 Å². The monoisotopic (exact) mass is 229 g/mol. The summed E-state index contributed by atoms with van der Waals surface area (Å²) in [6.07, 6.45) is 2.48. The maximum absolute atomic E-state index is 8.88. The molecule has 0 radical (unpaired) electrons. The van der Waals surface area contributed by atoms with Crippen LogP contribution in [-0.2, 0) is 0 Å². The van der Waals surface area contributed by atoms with E-state index in [1.165, 1.54) is 18.4 Å². The number of benzene rings is 1. The molecule has 0 bridgehead atoms. The van der Waals surface area contributed by atoms with Crippen LogP contribution in [0, 0.1) is 24.2 Å². The standard InChI is InChI=1S/C14H19N3/c1-11-2-3-13(9-15)8-14(11)17-10-12-4-6-16-7-5-12/h2-3,8,12,16-17H,4-7,10H2,1H3. The molecule has 17 heavy (non-hydrogen) atoms. The molecule has 0 saturated carbocycles. The van der Waals surface area contributed by atoms with Crippen LogP contribution < -0.4 is 10.6 Å². The van der Waals surface area contributed by atoms with Gasteiger partial charge in [0.1, 0.15) is 0 Å². The molecule has 1 saturated heterocycles. The summed E-state index contributed by atoms with van der Waals surface area (Å²) in [7, 11) is 0. The van der Waals surface area contributed by atoms with E-state index in [1.807, 2.05) is 18.2 Å². The molecule has 1 aromatic carbocycles. The number of rotatable bonds is 3. The summed E-state index contributed by atoms with van der Waals surface area (Å²) in [6, 6.07) is 7.99. The van der Waals surface area contributed by atoms with E-state index >= 15 is 0 Å². The number of hydrogen-bond acceptors (Lipinski definition) is 3. The number of hydrogen-bond donors (Lipinski definition) is 2. The van der Waals surface area contributed by atoms with Crippen LogP contribution in [0.3, 0.4) is 0 Å². The third-order valence-electron chi connectivity index (χ3n) is 3.41. The fourth-order valence-electron chi connectivity index (χ4n) is 2.22. The van der Waals surface area contributed by atoms with Crippen LogP contribution in [0.5, 0.6) is 0 Å². The molecule has 1 aromatic rings. The molecule has 0 atom stereocenters. The van der Waals surface area contributed by atoms with Gasteiger partial charge in [-0.05, 0) is 56.5 Å². The Morgan fingerprint density at radius 3 is 2.88 bits per heavy atom. The minimum Gasteiger partial charge on any atom is -0.385 e. The molecule has 0 unspecified atom stereocenters. The van der Waals surface area contributed by atoms with E-state index in [0.29, 0.717) is 0 Å². The molecular weight excluding hydrogens is 210 g/mol. The molecule has 1 aliphatic heterocycles. The summed E-state index contributed by atoms with van der Waals surface area (Å²) in [4.78, 5) is 0. The van der Waals surface area contributed by atoms with Crippen LogP contribution in [0.25, 0.3) is 0 Å². The van der Waals surface area contributed by atoms with Crippen LogP contribution in [-0.4, -0.2) is 19.6 Å². The Balaban J connectivity index is 1.95. The first-order chi connectivity index (χ1) is 8.29. The quantitative estimate of drug-likeness (QED) is 0.836. The van der Waals surface area contributed by atoms with E-state index in [9.17, 15) is 0 Å². The van der Waals surface area contributed by atoms with Gasteiger partial charge in [0.2, 0.25) is 0 Å². The molecule has 0 spiro atoms. The molecule has 3 nitrogen and oxygen atoms in total. The number of nitriles is 1. The van der Waals surface area contributed by atoms with Crippen molar-refractivity contribution in [3.63, 3.8) is 0 Å². The van der Waals surface area contributed by atoms with Crippen molar-refractivity contribution in [3.8, 4) is 6.07 Å². The van der Waals surface area contributed by atoms with Crippen molar-refractivity contribution >= 4 is 5.69 Å². The lowest BCUT2D eigenvalue weighted by Gasteiger charge is -2.23. The minimum absolute atomic E-state index is 0.725. The molecule has 1 aliphatic rings. The summed E-state index contributed by atoms with van der Waals surface area (Å²) in [5.74, 6) is 0.751. The first-order valence-corrected chi connectivity index (χ1v) is 6.25. The number of piperidine rings is 1. The Labute approximate surface area is 103 Å². The van der Waals surface area contributed by atoms with Gasteiger partial charge in [-0.25, -0.2) is 0 Å². The lowest BCUT2D eigenvalue weighted by Crippen LogP contribution is -2.31. The minimum atomic E-state index is 0.725. The zero-order valence-electron chi connectivity index (χ0n) is 10.3. The molecular formula is C14H19N3. The first-order valence-electron chi connectivity index (χ1n) is 6.25. The summed E-state index contributed by atoms with van der Waals surface area (Å²) in [6.45, 7) is 5.34. The summed E-state index contributed by atoms with van der Waals surface area (Å²) >= 11 is 0. The first kappa shape index (κ1) is 11.9. The largest absolute Gasteiger partial charge is 0.385 e. The Kier molecular flexibility index (Phi) is 4.00. The van der Waals surface area contributed by atoms with Crippen LogP contribution in [0.1, 0.15) is 24.0 Å². The van der Waals surface area contributed by atoms with Gasteiger partial charge >= 0.3 is 0 Å². The second-order valence-electron chi connectivity index (χ2n) is 4.72. The molecule has 0 amide bonds.